The minimum absolute atomic E-state index is 0.00630. The Kier molecular flexibility index (Phi) is 8.24. The van der Waals surface area contributed by atoms with Crippen LogP contribution in [0, 0.1) is 30.6 Å². The zero-order valence-electron chi connectivity index (χ0n) is 25.2. The fraction of sp³-hybridized carbons (Fsp3) is 0.559. The van der Waals surface area contributed by atoms with E-state index in [2.05, 4.69) is 10.6 Å². The first-order valence-electron chi connectivity index (χ1n) is 15.6. The van der Waals surface area contributed by atoms with Gasteiger partial charge in [0.05, 0.1) is 11.9 Å². The smallest absolute Gasteiger partial charge is 0.254 e. The average Bonchev–Trinajstić information content (AvgIpc) is 3.30. The number of hydrogen-bond acceptors (Lipinski definition) is 6. The second-order valence-corrected chi connectivity index (χ2v) is 15.3. The van der Waals surface area contributed by atoms with Crippen molar-refractivity contribution in [2.75, 3.05) is 5.88 Å². The average molecular weight is 606 g/mol. The van der Waals surface area contributed by atoms with Gasteiger partial charge in [-0.25, -0.2) is 0 Å². The van der Waals surface area contributed by atoms with E-state index < -0.39 is 34.7 Å². The molecular formula is C34H43N3O5S. The summed E-state index contributed by atoms with van der Waals surface area (Å²) in [6, 6.07) is 12.5. The van der Waals surface area contributed by atoms with Crippen molar-refractivity contribution in [2.45, 2.75) is 88.3 Å². The highest BCUT2D eigenvalue weighted by Crippen LogP contribution is 2.54. The summed E-state index contributed by atoms with van der Waals surface area (Å²) >= 11 is 1.53. The molecule has 230 valence electrons. The molecule has 43 heavy (non-hydrogen) atoms. The summed E-state index contributed by atoms with van der Waals surface area (Å²) in [4.78, 5) is 42.9. The van der Waals surface area contributed by atoms with Crippen molar-refractivity contribution in [1.29, 1.82) is 0 Å². The first kappa shape index (κ1) is 30.0. The summed E-state index contributed by atoms with van der Waals surface area (Å²) in [6.07, 6.45) is 4.71. The first-order valence-corrected chi connectivity index (χ1v) is 16.6. The highest BCUT2D eigenvalue weighted by Gasteiger charge is 2.53. The van der Waals surface area contributed by atoms with Gasteiger partial charge < -0.3 is 25.7 Å². The van der Waals surface area contributed by atoms with Gasteiger partial charge in [-0.05, 0) is 101 Å². The standard InChI is InChI=1S/C34H43N3O5S/c1-19-25(10-7-11-27(19)38)31(40)35-26(17-20-8-5-4-6-9-20)29(39)33(42)37-18-43-34(2,3)30(37)32(41)36-28-23-13-21-12-22(15-23)16-24(28)14-21/h4-11,21-24,26,28-30,38-39H,12-18H2,1-3H3,(H,35,40)(H,36,41)/t21?,22?,23?,24?,26-,28?,29-,30+/m0/s1. The Morgan fingerprint density at radius 1 is 0.977 bits per heavy atom. The summed E-state index contributed by atoms with van der Waals surface area (Å²) in [5.41, 5.74) is 1.53. The fourth-order valence-electron chi connectivity index (χ4n) is 8.38. The molecule has 4 N–H and O–H groups in total. The largest absolute Gasteiger partial charge is 0.508 e. The third-order valence-corrected chi connectivity index (χ3v) is 11.8. The number of hydrogen-bond donors (Lipinski definition) is 4. The highest BCUT2D eigenvalue weighted by atomic mass is 32.2. The minimum atomic E-state index is -1.58. The maximum absolute atomic E-state index is 14.0. The molecule has 5 fully saturated rings. The number of nitrogens with zero attached hydrogens (tertiary/aromatic N) is 1. The van der Waals surface area contributed by atoms with E-state index in [4.69, 9.17) is 0 Å². The lowest BCUT2D eigenvalue weighted by atomic mass is 9.54. The number of rotatable bonds is 8. The molecule has 8 nitrogen and oxygen atoms in total. The van der Waals surface area contributed by atoms with Crippen LogP contribution >= 0.6 is 11.8 Å². The van der Waals surface area contributed by atoms with Crippen molar-refractivity contribution in [3.8, 4) is 5.75 Å². The molecule has 1 heterocycles. The lowest BCUT2D eigenvalue weighted by Crippen LogP contribution is -2.62. The van der Waals surface area contributed by atoms with Crippen molar-refractivity contribution in [2.24, 2.45) is 23.7 Å². The number of phenols is 1. The number of aromatic hydroxyl groups is 1. The van der Waals surface area contributed by atoms with Gasteiger partial charge in [0.1, 0.15) is 11.8 Å². The summed E-state index contributed by atoms with van der Waals surface area (Å²) < 4.78 is -0.539. The summed E-state index contributed by atoms with van der Waals surface area (Å²) in [5.74, 6) is 1.67. The highest BCUT2D eigenvalue weighted by molar-refractivity contribution is 8.00. The van der Waals surface area contributed by atoms with Gasteiger partial charge in [0.2, 0.25) is 5.91 Å². The normalized spacial score (nSPS) is 30.1. The number of benzene rings is 2. The number of carbonyl (C=O) groups is 3. The molecule has 2 aromatic rings. The van der Waals surface area contributed by atoms with E-state index in [1.807, 2.05) is 44.2 Å². The molecule has 4 bridgehead atoms. The molecule has 0 unspecified atom stereocenters. The van der Waals surface area contributed by atoms with E-state index >= 15 is 0 Å². The number of carbonyl (C=O) groups excluding carboxylic acids is 3. The van der Waals surface area contributed by atoms with Crippen LogP contribution in [-0.2, 0) is 16.0 Å². The van der Waals surface area contributed by atoms with Crippen molar-refractivity contribution in [3.05, 3.63) is 65.2 Å². The van der Waals surface area contributed by atoms with Gasteiger partial charge >= 0.3 is 0 Å². The third kappa shape index (κ3) is 5.90. The van der Waals surface area contributed by atoms with Crippen LogP contribution in [0.1, 0.15) is 67.4 Å². The number of nitrogens with one attached hydrogen (secondary N) is 2. The quantitative estimate of drug-likeness (QED) is 0.361. The van der Waals surface area contributed by atoms with Crippen LogP contribution in [0.5, 0.6) is 5.75 Å². The molecule has 1 aliphatic heterocycles. The molecule has 4 aliphatic carbocycles. The van der Waals surface area contributed by atoms with Crippen molar-refractivity contribution >= 4 is 29.5 Å². The Morgan fingerprint density at radius 2 is 1.63 bits per heavy atom. The topological polar surface area (TPSA) is 119 Å². The van der Waals surface area contributed by atoms with Crippen LogP contribution in [0.2, 0.25) is 0 Å². The Morgan fingerprint density at radius 3 is 2.28 bits per heavy atom. The van der Waals surface area contributed by atoms with Crippen molar-refractivity contribution < 1.29 is 24.6 Å². The van der Waals surface area contributed by atoms with E-state index in [0.29, 0.717) is 17.4 Å². The van der Waals surface area contributed by atoms with E-state index in [0.717, 1.165) is 17.4 Å². The van der Waals surface area contributed by atoms with E-state index in [1.165, 1.54) is 54.8 Å². The van der Waals surface area contributed by atoms with Gasteiger partial charge in [-0.1, -0.05) is 36.4 Å². The Hall–Kier alpha value is -3.04. The molecule has 0 spiro atoms. The monoisotopic (exact) mass is 605 g/mol. The molecule has 0 aromatic heterocycles. The van der Waals surface area contributed by atoms with Crippen LogP contribution in [0.25, 0.3) is 0 Å². The van der Waals surface area contributed by atoms with Gasteiger partial charge in [0.25, 0.3) is 11.8 Å². The van der Waals surface area contributed by atoms with Gasteiger partial charge in [-0.15, -0.1) is 11.8 Å². The molecule has 2 aromatic carbocycles. The molecule has 0 radical (unpaired) electrons. The van der Waals surface area contributed by atoms with E-state index in [1.54, 1.807) is 19.1 Å². The lowest BCUT2D eigenvalue weighted by molar-refractivity contribution is -0.148. The van der Waals surface area contributed by atoms with Gasteiger partial charge in [-0.2, -0.15) is 0 Å². The van der Waals surface area contributed by atoms with Crippen LogP contribution in [0.4, 0.5) is 0 Å². The SMILES string of the molecule is Cc1c(O)cccc1C(=O)N[C@@H](Cc1ccccc1)[C@H](O)C(=O)N1CSC(C)(C)[C@H]1C(=O)NC1C2CC3CC(C2)CC1C3. The number of aliphatic hydroxyl groups excluding tert-OH is 1. The predicted octanol–water partition coefficient (Wildman–Crippen LogP) is 4.02. The van der Waals surface area contributed by atoms with Crippen LogP contribution in [0.15, 0.2) is 48.5 Å². The second-order valence-electron chi connectivity index (χ2n) is 13.7. The maximum Gasteiger partial charge on any atom is 0.254 e. The van der Waals surface area contributed by atoms with Gasteiger partial charge in [0, 0.05) is 21.9 Å². The Balaban J connectivity index is 1.21. The zero-order chi connectivity index (χ0) is 30.5. The molecule has 3 amide bonds. The molecule has 9 heteroatoms. The Labute approximate surface area is 258 Å². The van der Waals surface area contributed by atoms with Gasteiger partial charge in [0.15, 0.2) is 6.10 Å². The fourth-order valence-corrected chi connectivity index (χ4v) is 9.52. The summed E-state index contributed by atoms with van der Waals surface area (Å²) in [5, 5.41) is 28.0. The number of phenolic OH excluding ortho intramolecular Hbond substituents is 1. The molecular weight excluding hydrogens is 562 g/mol. The maximum atomic E-state index is 14.0. The van der Waals surface area contributed by atoms with E-state index in [9.17, 15) is 24.6 Å². The predicted molar refractivity (Wildman–Crippen MR) is 166 cm³/mol. The molecule has 1 saturated heterocycles. The minimum Gasteiger partial charge on any atom is -0.508 e. The van der Waals surface area contributed by atoms with Crippen LogP contribution < -0.4 is 10.6 Å². The molecule has 4 saturated carbocycles. The van der Waals surface area contributed by atoms with Gasteiger partial charge in [-0.3, -0.25) is 14.4 Å². The summed E-state index contributed by atoms with van der Waals surface area (Å²) in [6.45, 7) is 5.60. The number of amides is 3. The van der Waals surface area contributed by atoms with Crippen molar-refractivity contribution in [3.63, 3.8) is 0 Å². The Bertz CT molecular complexity index is 1350. The molecule has 7 rings (SSSR count). The second kappa shape index (κ2) is 11.8. The summed E-state index contributed by atoms with van der Waals surface area (Å²) in [7, 11) is 0. The lowest BCUT2D eigenvalue weighted by Gasteiger charge is -2.54. The third-order valence-electron chi connectivity index (χ3n) is 10.4. The first-order chi connectivity index (χ1) is 20.5. The van der Waals surface area contributed by atoms with Crippen LogP contribution in [0.3, 0.4) is 0 Å². The zero-order valence-corrected chi connectivity index (χ0v) is 26.0. The molecule has 5 aliphatic rings. The number of aliphatic hydroxyl groups is 1. The number of thioether (sulfide) groups is 1. The van der Waals surface area contributed by atoms with Crippen LogP contribution in [-0.4, -0.2) is 67.7 Å². The van der Waals surface area contributed by atoms with E-state index in [-0.39, 0.29) is 35.6 Å². The van der Waals surface area contributed by atoms with Crippen molar-refractivity contribution in [1.82, 2.24) is 15.5 Å². The molecule has 3 atom stereocenters.